The number of likely N-dealkylation sites (tertiary alicyclic amines) is 1. The van der Waals surface area contributed by atoms with Crippen LogP contribution in [0, 0.1) is 0 Å². The Morgan fingerprint density at radius 1 is 1.53 bits per heavy atom. The molecule has 0 unspecified atom stereocenters. The number of aromatic nitrogens is 2. The van der Waals surface area contributed by atoms with Gasteiger partial charge in [-0.25, -0.2) is 4.98 Å². The van der Waals surface area contributed by atoms with Crippen LogP contribution in [0.5, 0.6) is 0 Å². The zero-order chi connectivity index (χ0) is 13.7. The predicted molar refractivity (Wildman–Crippen MR) is 75.0 cm³/mol. The maximum absolute atomic E-state index is 11.7. The molecule has 2 heterocycles. The summed E-state index contributed by atoms with van der Waals surface area (Å²) in [6.45, 7) is 8.22. The van der Waals surface area contributed by atoms with E-state index in [-0.39, 0.29) is 5.91 Å². The Kier molecular flexibility index (Phi) is 4.96. The summed E-state index contributed by atoms with van der Waals surface area (Å²) >= 11 is 0. The van der Waals surface area contributed by atoms with Gasteiger partial charge < -0.3 is 9.88 Å². The van der Waals surface area contributed by atoms with Crippen molar-refractivity contribution in [1.29, 1.82) is 0 Å². The normalized spacial score (nSPS) is 20.4. The third-order valence-corrected chi connectivity index (χ3v) is 3.70. The highest BCUT2D eigenvalue weighted by Crippen LogP contribution is 2.25. The van der Waals surface area contributed by atoms with Crippen LogP contribution in [0.15, 0.2) is 12.4 Å². The van der Waals surface area contributed by atoms with Crippen molar-refractivity contribution in [3.8, 4) is 0 Å². The average molecular weight is 264 g/mol. The Labute approximate surface area is 115 Å². The van der Waals surface area contributed by atoms with Crippen LogP contribution in [0.3, 0.4) is 0 Å². The maximum atomic E-state index is 11.7. The molecule has 1 atom stereocenters. The van der Waals surface area contributed by atoms with Crippen LogP contribution in [0.2, 0.25) is 0 Å². The van der Waals surface area contributed by atoms with E-state index in [9.17, 15) is 4.79 Å². The number of carbonyl (C=O) groups excluding carboxylic acids is 1. The Hall–Kier alpha value is -1.36. The van der Waals surface area contributed by atoms with Gasteiger partial charge in [0.25, 0.3) is 0 Å². The van der Waals surface area contributed by atoms with Gasteiger partial charge in [-0.15, -0.1) is 0 Å². The first-order chi connectivity index (χ1) is 9.24. The van der Waals surface area contributed by atoms with E-state index in [1.807, 2.05) is 19.3 Å². The first-order valence-electron chi connectivity index (χ1n) is 7.24. The molecule has 2 rings (SSSR count). The monoisotopic (exact) mass is 264 g/mol. The molecule has 0 radical (unpaired) electrons. The van der Waals surface area contributed by atoms with Crippen molar-refractivity contribution in [2.45, 2.75) is 39.2 Å². The fourth-order valence-corrected chi connectivity index (χ4v) is 2.81. The summed E-state index contributed by atoms with van der Waals surface area (Å²) in [7, 11) is 0. The van der Waals surface area contributed by atoms with Crippen molar-refractivity contribution < 1.29 is 4.79 Å². The van der Waals surface area contributed by atoms with Crippen LogP contribution >= 0.6 is 0 Å². The van der Waals surface area contributed by atoms with Gasteiger partial charge in [0.1, 0.15) is 5.82 Å². The number of hydrogen-bond donors (Lipinski definition) is 1. The van der Waals surface area contributed by atoms with E-state index in [4.69, 9.17) is 0 Å². The highest BCUT2D eigenvalue weighted by Gasteiger charge is 2.25. The smallest absolute Gasteiger partial charge is 0.234 e. The minimum atomic E-state index is 0.127. The molecule has 1 amide bonds. The summed E-state index contributed by atoms with van der Waals surface area (Å²) < 4.78 is 2.21. The summed E-state index contributed by atoms with van der Waals surface area (Å²) in [4.78, 5) is 18.4. The fourth-order valence-electron chi connectivity index (χ4n) is 2.81. The Morgan fingerprint density at radius 2 is 2.37 bits per heavy atom. The number of hydrogen-bond acceptors (Lipinski definition) is 3. The van der Waals surface area contributed by atoms with Crippen LogP contribution in [0.4, 0.5) is 0 Å². The van der Waals surface area contributed by atoms with Gasteiger partial charge in [-0.3, -0.25) is 9.69 Å². The lowest BCUT2D eigenvalue weighted by Gasteiger charge is -2.32. The van der Waals surface area contributed by atoms with Gasteiger partial charge in [-0.2, -0.15) is 0 Å². The predicted octanol–water partition coefficient (Wildman–Crippen LogP) is 1.22. The molecule has 0 aromatic carbocycles. The van der Waals surface area contributed by atoms with E-state index in [2.05, 4.69) is 26.7 Å². The molecule has 1 aliphatic heterocycles. The topological polar surface area (TPSA) is 50.2 Å². The summed E-state index contributed by atoms with van der Waals surface area (Å²) in [5.41, 5.74) is 0. The molecular weight excluding hydrogens is 240 g/mol. The molecule has 1 fully saturated rings. The summed E-state index contributed by atoms with van der Waals surface area (Å²) in [5.74, 6) is 1.75. The molecule has 1 N–H and O–H groups in total. The molecule has 19 heavy (non-hydrogen) atoms. The van der Waals surface area contributed by atoms with Gasteiger partial charge in [0.2, 0.25) is 5.91 Å². The lowest BCUT2D eigenvalue weighted by atomic mass is 9.97. The van der Waals surface area contributed by atoms with Crippen molar-refractivity contribution in [3.05, 3.63) is 18.2 Å². The molecule has 0 bridgehead atoms. The fraction of sp³-hybridized carbons (Fsp3) is 0.714. The van der Waals surface area contributed by atoms with Crippen LogP contribution in [-0.2, 0) is 11.3 Å². The summed E-state index contributed by atoms with van der Waals surface area (Å²) in [6.07, 6.45) is 6.23. The summed E-state index contributed by atoms with van der Waals surface area (Å²) in [6, 6.07) is 0. The lowest BCUT2D eigenvalue weighted by Crippen LogP contribution is -2.42. The van der Waals surface area contributed by atoms with Gasteiger partial charge >= 0.3 is 0 Å². The number of carbonyl (C=O) groups is 1. The zero-order valence-electron chi connectivity index (χ0n) is 11.9. The van der Waals surface area contributed by atoms with Gasteiger partial charge in [0.05, 0.1) is 6.54 Å². The second kappa shape index (κ2) is 6.70. The highest BCUT2D eigenvalue weighted by molar-refractivity contribution is 5.77. The standard InChI is InChI=1S/C14H24N4O/c1-3-15-13(19)11-17-8-5-6-12(10-17)14-16-7-9-18(14)4-2/h7,9,12H,3-6,8,10-11H2,1-2H3,(H,15,19)/t12-/m0/s1. The van der Waals surface area contributed by atoms with E-state index in [1.165, 1.54) is 12.2 Å². The molecule has 1 aromatic heterocycles. The number of amides is 1. The van der Waals surface area contributed by atoms with Gasteiger partial charge in [-0.05, 0) is 33.2 Å². The quantitative estimate of drug-likeness (QED) is 0.870. The van der Waals surface area contributed by atoms with E-state index < -0.39 is 0 Å². The van der Waals surface area contributed by atoms with Crippen LogP contribution in [0.1, 0.15) is 38.4 Å². The third-order valence-electron chi connectivity index (χ3n) is 3.70. The Bertz CT molecular complexity index is 415. The van der Waals surface area contributed by atoms with Crippen LogP contribution < -0.4 is 5.32 Å². The molecule has 0 spiro atoms. The number of rotatable bonds is 5. The maximum Gasteiger partial charge on any atom is 0.234 e. The molecule has 5 heteroatoms. The first kappa shape index (κ1) is 14.1. The van der Waals surface area contributed by atoms with Gasteiger partial charge in [-0.1, -0.05) is 0 Å². The molecule has 0 aliphatic carbocycles. The molecule has 5 nitrogen and oxygen atoms in total. The SMILES string of the molecule is CCNC(=O)CN1CCC[C@H](c2nccn2CC)C1. The minimum Gasteiger partial charge on any atom is -0.355 e. The molecule has 106 valence electrons. The van der Waals surface area contributed by atoms with E-state index in [0.29, 0.717) is 19.0 Å². The van der Waals surface area contributed by atoms with Crippen LogP contribution in [-0.4, -0.2) is 46.5 Å². The number of imidazole rings is 1. The highest BCUT2D eigenvalue weighted by atomic mass is 16.2. The largest absolute Gasteiger partial charge is 0.355 e. The average Bonchev–Trinajstić information content (AvgIpc) is 2.87. The zero-order valence-corrected chi connectivity index (χ0v) is 11.9. The molecule has 1 saturated heterocycles. The van der Waals surface area contributed by atoms with E-state index in [0.717, 1.165) is 26.1 Å². The van der Waals surface area contributed by atoms with Crippen molar-refractivity contribution in [2.24, 2.45) is 0 Å². The number of nitrogens with zero attached hydrogens (tertiary/aromatic N) is 3. The first-order valence-corrected chi connectivity index (χ1v) is 7.24. The van der Waals surface area contributed by atoms with Crippen molar-refractivity contribution in [1.82, 2.24) is 19.8 Å². The molecular formula is C14H24N4O. The minimum absolute atomic E-state index is 0.127. The van der Waals surface area contributed by atoms with E-state index >= 15 is 0 Å². The van der Waals surface area contributed by atoms with E-state index in [1.54, 1.807) is 0 Å². The number of aryl methyl sites for hydroxylation is 1. The molecule has 1 aromatic rings. The molecule has 1 aliphatic rings. The third kappa shape index (κ3) is 3.56. The Morgan fingerprint density at radius 3 is 3.11 bits per heavy atom. The lowest BCUT2D eigenvalue weighted by molar-refractivity contribution is -0.122. The second-order valence-corrected chi connectivity index (χ2v) is 5.10. The van der Waals surface area contributed by atoms with Crippen LogP contribution in [0.25, 0.3) is 0 Å². The summed E-state index contributed by atoms with van der Waals surface area (Å²) in [5, 5.41) is 2.86. The number of nitrogens with one attached hydrogen (secondary N) is 1. The number of piperidine rings is 1. The van der Waals surface area contributed by atoms with Gasteiger partial charge in [0.15, 0.2) is 0 Å². The molecule has 0 saturated carbocycles. The number of likely N-dealkylation sites (N-methyl/N-ethyl adjacent to an activating group) is 1. The van der Waals surface area contributed by atoms with Crippen molar-refractivity contribution in [3.63, 3.8) is 0 Å². The van der Waals surface area contributed by atoms with Crippen molar-refractivity contribution >= 4 is 5.91 Å². The van der Waals surface area contributed by atoms with Gasteiger partial charge in [0, 0.05) is 37.9 Å². The Balaban J connectivity index is 1.95. The van der Waals surface area contributed by atoms with Crippen molar-refractivity contribution in [2.75, 3.05) is 26.2 Å². The second-order valence-electron chi connectivity index (χ2n) is 5.10.